The molecule has 0 radical (unpaired) electrons. The van der Waals surface area contributed by atoms with Gasteiger partial charge >= 0.3 is 6.03 Å². The molecule has 2 atom stereocenters. The lowest BCUT2D eigenvalue weighted by Crippen LogP contribution is -2.54. The van der Waals surface area contributed by atoms with E-state index in [0.717, 1.165) is 18.8 Å². The number of piperazine rings is 1. The summed E-state index contributed by atoms with van der Waals surface area (Å²) in [6.45, 7) is 3.63. The van der Waals surface area contributed by atoms with E-state index in [1.165, 1.54) is 0 Å². The summed E-state index contributed by atoms with van der Waals surface area (Å²) < 4.78 is 7.25. The van der Waals surface area contributed by atoms with Gasteiger partial charge in [-0.15, -0.1) is 5.10 Å². The lowest BCUT2D eigenvalue weighted by molar-refractivity contribution is 0.1000. The Labute approximate surface area is 162 Å². The van der Waals surface area contributed by atoms with Gasteiger partial charge in [0.05, 0.1) is 31.5 Å². The maximum absolute atomic E-state index is 12.7. The molecule has 2 aliphatic heterocycles. The Kier molecular flexibility index (Phi) is 5.11. The number of hydrogen-bond acceptors (Lipinski definition) is 6. The number of primary amides is 1. The molecule has 2 fully saturated rings. The predicted octanol–water partition coefficient (Wildman–Crippen LogP) is -0.151. The second-order valence-corrected chi connectivity index (χ2v) is 6.93. The Bertz CT molecular complexity index is 816. The highest BCUT2D eigenvalue weighted by atomic mass is 16.5. The number of hydrogen-bond donors (Lipinski definition) is 2. The third kappa shape index (κ3) is 3.77. The maximum atomic E-state index is 12.7. The van der Waals surface area contributed by atoms with E-state index in [4.69, 9.17) is 10.5 Å². The molecule has 3 heterocycles. The van der Waals surface area contributed by atoms with Crippen LogP contribution < -0.4 is 16.0 Å². The summed E-state index contributed by atoms with van der Waals surface area (Å²) >= 11 is 0. The second-order valence-electron chi connectivity index (χ2n) is 6.93. The Hall–Kier alpha value is -3.14. The highest BCUT2D eigenvalue weighted by Gasteiger charge is 2.33. The summed E-state index contributed by atoms with van der Waals surface area (Å²) in [5.41, 5.74) is 6.78. The Morgan fingerprint density at radius 3 is 2.50 bits per heavy atom. The predicted molar refractivity (Wildman–Crippen MR) is 101 cm³/mol. The number of nitrogens with one attached hydrogen (secondary N) is 1. The second kappa shape index (κ2) is 7.85. The van der Waals surface area contributed by atoms with Gasteiger partial charge in [0.25, 0.3) is 0 Å². The van der Waals surface area contributed by atoms with Crippen molar-refractivity contribution in [2.24, 2.45) is 5.73 Å². The molecule has 0 aliphatic carbocycles. The molecule has 3 amide bonds. The van der Waals surface area contributed by atoms with Crippen LogP contribution in [0, 0.1) is 0 Å². The van der Waals surface area contributed by atoms with Crippen molar-refractivity contribution in [2.45, 2.75) is 12.1 Å². The molecule has 1 aromatic heterocycles. The molecular formula is C18H23N7O3. The molecular weight excluding hydrogens is 362 g/mol. The zero-order chi connectivity index (χ0) is 19.5. The van der Waals surface area contributed by atoms with Gasteiger partial charge in [-0.2, -0.15) is 0 Å². The molecule has 4 rings (SSSR count). The molecule has 10 heteroatoms. The van der Waals surface area contributed by atoms with Crippen LogP contribution in [-0.2, 0) is 4.74 Å². The average molecular weight is 385 g/mol. The van der Waals surface area contributed by atoms with E-state index in [1.54, 1.807) is 29.2 Å². The maximum Gasteiger partial charge on any atom is 0.317 e. The number of nitrogens with two attached hydrogens (primary N) is 1. The number of benzene rings is 1. The summed E-state index contributed by atoms with van der Waals surface area (Å²) in [6, 6.07) is 6.94. The topological polar surface area (TPSA) is 119 Å². The summed E-state index contributed by atoms with van der Waals surface area (Å²) in [4.78, 5) is 27.9. The number of aromatic nitrogens is 3. The first-order valence-electron chi connectivity index (χ1n) is 9.25. The van der Waals surface area contributed by atoms with Gasteiger partial charge in [0, 0.05) is 43.6 Å². The van der Waals surface area contributed by atoms with Crippen molar-refractivity contribution < 1.29 is 14.3 Å². The fraction of sp³-hybridized carbons (Fsp3) is 0.444. The van der Waals surface area contributed by atoms with Gasteiger partial charge < -0.3 is 25.6 Å². The van der Waals surface area contributed by atoms with Crippen molar-refractivity contribution in [3.8, 4) is 0 Å². The van der Waals surface area contributed by atoms with Crippen molar-refractivity contribution in [2.75, 3.05) is 44.3 Å². The minimum absolute atomic E-state index is 0.0449. The molecule has 0 saturated carbocycles. The van der Waals surface area contributed by atoms with E-state index in [1.807, 2.05) is 17.0 Å². The van der Waals surface area contributed by atoms with Gasteiger partial charge in [-0.05, 0) is 24.3 Å². The third-order valence-electron chi connectivity index (χ3n) is 5.22. The van der Waals surface area contributed by atoms with Crippen LogP contribution in [0.5, 0.6) is 0 Å². The first-order valence-corrected chi connectivity index (χ1v) is 9.25. The lowest BCUT2D eigenvalue weighted by atomic mass is 10.1. The summed E-state index contributed by atoms with van der Waals surface area (Å²) in [5.74, 6) is -0.437. The van der Waals surface area contributed by atoms with Crippen LogP contribution in [0.25, 0.3) is 0 Å². The van der Waals surface area contributed by atoms with E-state index < -0.39 is 5.91 Å². The first kappa shape index (κ1) is 18.2. The quantitative estimate of drug-likeness (QED) is 0.756. The molecule has 2 aliphatic rings. The molecule has 3 N–H and O–H groups in total. The van der Waals surface area contributed by atoms with Crippen molar-refractivity contribution in [3.63, 3.8) is 0 Å². The fourth-order valence-corrected chi connectivity index (χ4v) is 3.59. The Morgan fingerprint density at radius 1 is 1.11 bits per heavy atom. The zero-order valence-corrected chi connectivity index (χ0v) is 15.4. The standard InChI is InChI=1S/C18H23N7O3/c19-17(26)13-1-3-14(4-2-13)23-7-9-24(10-8-23)18(27)21-15-11-28-12-16(15)25-6-5-20-22-25/h1-6,15-16H,7-12H2,(H2,19,26)(H,21,27)/t15-,16+/m0/s1. The number of nitrogens with zero attached hydrogens (tertiary/aromatic N) is 5. The van der Waals surface area contributed by atoms with Crippen LogP contribution in [0.15, 0.2) is 36.7 Å². The normalized spacial score (nSPS) is 22.3. The number of carbonyl (C=O) groups is 2. The minimum Gasteiger partial charge on any atom is -0.377 e. The molecule has 2 aromatic rings. The highest BCUT2D eigenvalue weighted by molar-refractivity contribution is 5.93. The number of amides is 3. The highest BCUT2D eigenvalue weighted by Crippen LogP contribution is 2.20. The average Bonchev–Trinajstić information content (AvgIpc) is 3.40. The molecule has 0 unspecified atom stereocenters. The molecule has 28 heavy (non-hydrogen) atoms. The zero-order valence-electron chi connectivity index (χ0n) is 15.4. The van der Waals surface area contributed by atoms with Gasteiger partial charge in [-0.1, -0.05) is 5.21 Å². The summed E-state index contributed by atoms with van der Waals surface area (Å²) in [6.07, 6.45) is 3.40. The van der Waals surface area contributed by atoms with Crippen LogP contribution in [0.2, 0.25) is 0 Å². The lowest BCUT2D eigenvalue weighted by Gasteiger charge is -2.36. The van der Waals surface area contributed by atoms with Gasteiger partial charge in [0.1, 0.15) is 0 Å². The van der Waals surface area contributed by atoms with E-state index in [0.29, 0.717) is 31.9 Å². The van der Waals surface area contributed by atoms with Crippen LogP contribution in [0.3, 0.4) is 0 Å². The van der Waals surface area contributed by atoms with Crippen molar-refractivity contribution in [1.29, 1.82) is 0 Å². The molecule has 2 saturated heterocycles. The fourth-order valence-electron chi connectivity index (χ4n) is 3.59. The number of carbonyl (C=O) groups excluding carboxylic acids is 2. The van der Waals surface area contributed by atoms with Crippen LogP contribution in [-0.4, -0.2) is 77.3 Å². The minimum atomic E-state index is -0.437. The number of rotatable bonds is 4. The molecule has 1 aromatic carbocycles. The monoisotopic (exact) mass is 385 g/mol. The van der Waals surface area contributed by atoms with Gasteiger partial charge in [-0.3, -0.25) is 4.79 Å². The van der Waals surface area contributed by atoms with Gasteiger partial charge in [0.2, 0.25) is 5.91 Å². The smallest absolute Gasteiger partial charge is 0.317 e. The van der Waals surface area contributed by atoms with Crippen molar-refractivity contribution in [3.05, 3.63) is 42.2 Å². The van der Waals surface area contributed by atoms with E-state index in [9.17, 15) is 9.59 Å². The molecule has 0 spiro atoms. The largest absolute Gasteiger partial charge is 0.377 e. The molecule has 0 bridgehead atoms. The van der Waals surface area contributed by atoms with Crippen LogP contribution in [0.1, 0.15) is 16.4 Å². The molecule has 148 valence electrons. The molecule has 10 nitrogen and oxygen atoms in total. The number of anilines is 1. The van der Waals surface area contributed by atoms with E-state index >= 15 is 0 Å². The van der Waals surface area contributed by atoms with Gasteiger partial charge in [-0.25, -0.2) is 9.48 Å². The van der Waals surface area contributed by atoms with E-state index in [-0.39, 0.29) is 18.1 Å². The van der Waals surface area contributed by atoms with Crippen molar-refractivity contribution in [1.82, 2.24) is 25.2 Å². The third-order valence-corrected chi connectivity index (χ3v) is 5.22. The summed E-state index contributed by atoms with van der Waals surface area (Å²) in [5, 5.41) is 10.9. The SMILES string of the molecule is NC(=O)c1ccc(N2CCN(C(=O)N[C@H]3COC[C@H]3n3ccnn3)CC2)cc1. The van der Waals surface area contributed by atoms with E-state index in [2.05, 4.69) is 20.5 Å². The summed E-state index contributed by atoms with van der Waals surface area (Å²) in [7, 11) is 0. The number of ether oxygens (including phenoxy) is 1. The van der Waals surface area contributed by atoms with Crippen LogP contribution in [0.4, 0.5) is 10.5 Å². The Morgan fingerprint density at radius 2 is 1.86 bits per heavy atom. The number of urea groups is 1. The Balaban J connectivity index is 1.31. The van der Waals surface area contributed by atoms with Gasteiger partial charge in [0.15, 0.2) is 0 Å². The van der Waals surface area contributed by atoms with Crippen LogP contribution >= 0.6 is 0 Å². The van der Waals surface area contributed by atoms with Crippen molar-refractivity contribution >= 4 is 17.6 Å². The first-order chi connectivity index (χ1) is 13.6.